The van der Waals surface area contributed by atoms with E-state index in [1.165, 1.54) is 0 Å². The smallest absolute Gasteiger partial charge is 0.275 e. The van der Waals surface area contributed by atoms with E-state index >= 15 is 0 Å². The van der Waals surface area contributed by atoms with Crippen molar-refractivity contribution in [2.24, 2.45) is 0 Å². The van der Waals surface area contributed by atoms with Gasteiger partial charge in [-0.1, -0.05) is 23.7 Å². The number of aromatic amines is 1. The summed E-state index contributed by atoms with van der Waals surface area (Å²) in [7, 11) is 0. The molecular formula is C15H12ClN5O. The number of carbonyl (C=O) groups is 1. The van der Waals surface area contributed by atoms with E-state index in [2.05, 4.69) is 25.8 Å². The maximum Gasteiger partial charge on any atom is 0.275 e. The highest BCUT2D eigenvalue weighted by Gasteiger charge is 2.11. The predicted octanol–water partition coefficient (Wildman–Crippen LogP) is 3.45. The standard InChI is InChI=1S/C15H12ClN5O/c16-10-4-3-5-11(8-10)19-13-9-18-21-14(13)20-15(22)12-6-1-2-7-17-12/h1-9,19H,(H2,18,20,21,22). The van der Waals surface area contributed by atoms with E-state index in [-0.39, 0.29) is 5.91 Å². The molecule has 0 bridgehead atoms. The van der Waals surface area contributed by atoms with E-state index in [0.29, 0.717) is 22.2 Å². The number of benzene rings is 1. The first kappa shape index (κ1) is 14.1. The highest BCUT2D eigenvalue weighted by molar-refractivity contribution is 6.30. The lowest BCUT2D eigenvalue weighted by molar-refractivity contribution is 0.102. The van der Waals surface area contributed by atoms with Crippen molar-refractivity contribution in [3.63, 3.8) is 0 Å². The first-order chi connectivity index (χ1) is 10.7. The molecule has 0 aliphatic rings. The molecule has 110 valence electrons. The van der Waals surface area contributed by atoms with Gasteiger partial charge in [0.05, 0.1) is 6.20 Å². The van der Waals surface area contributed by atoms with E-state index in [1.807, 2.05) is 12.1 Å². The van der Waals surface area contributed by atoms with Gasteiger partial charge in [0.1, 0.15) is 11.4 Å². The number of aromatic nitrogens is 3. The van der Waals surface area contributed by atoms with Gasteiger partial charge in [0.25, 0.3) is 5.91 Å². The second-order valence-electron chi connectivity index (χ2n) is 4.46. The Hall–Kier alpha value is -2.86. The third-order valence-corrected chi connectivity index (χ3v) is 3.11. The molecule has 2 aromatic heterocycles. The Labute approximate surface area is 131 Å². The van der Waals surface area contributed by atoms with Crippen LogP contribution in [-0.2, 0) is 0 Å². The number of nitrogens with zero attached hydrogens (tertiary/aromatic N) is 2. The quantitative estimate of drug-likeness (QED) is 0.689. The molecule has 1 aromatic carbocycles. The summed E-state index contributed by atoms with van der Waals surface area (Å²) in [6, 6.07) is 12.4. The molecule has 0 spiro atoms. The highest BCUT2D eigenvalue weighted by Crippen LogP contribution is 2.24. The van der Waals surface area contributed by atoms with Crippen molar-refractivity contribution in [1.82, 2.24) is 15.2 Å². The maximum absolute atomic E-state index is 12.1. The lowest BCUT2D eigenvalue weighted by Gasteiger charge is -2.08. The number of hydrogen-bond acceptors (Lipinski definition) is 4. The number of halogens is 1. The van der Waals surface area contributed by atoms with Gasteiger partial charge in [0.15, 0.2) is 5.82 Å². The summed E-state index contributed by atoms with van der Waals surface area (Å²) in [4.78, 5) is 16.1. The minimum absolute atomic E-state index is 0.320. The van der Waals surface area contributed by atoms with E-state index in [0.717, 1.165) is 5.69 Å². The SMILES string of the molecule is O=C(Nc1[nH]ncc1Nc1cccc(Cl)c1)c1ccccn1. The molecule has 22 heavy (non-hydrogen) atoms. The molecule has 3 aromatic rings. The monoisotopic (exact) mass is 313 g/mol. The van der Waals surface area contributed by atoms with Crippen LogP contribution in [-0.4, -0.2) is 21.1 Å². The van der Waals surface area contributed by atoms with Gasteiger partial charge in [-0.25, -0.2) is 0 Å². The Balaban J connectivity index is 1.76. The summed E-state index contributed by atoms with van der Waals surface area (Å²) in [6.45, 7) is 0. The van der Waals surface area contributed by atoms with Crippen LogP contribution in [0.5, 0.6) is 0 Å². The fraction of sp³-hybridized carbons (Fsp3) is 0. The average Bonchev–Trinajstić information content (AvgIpc) is 2.95. The van der Waals surface area contributed by atoms with Crippen molar-refractivity contribution in [3.8, 4) is 0 Å². The van der Waals surface area contributed by atoms with Crippen molar-refractivity contribution in [2.45, 2.75) is 0 Å². The van der Waals surface area contributed by atoms with Gasteiger partial charge in [-0.2, -0.15) is 5.10 Å². The Bertz CT molecular complexity index is 787. The summed E-state index contributed by atoms with van der Waals surface area (Å²) in [6.07, 6.45) is 3.14. The van der Waals surface area contributed by atoms with Crippen LogP contribution >= 0.6 is 11.6 Å². The molecular weight excluding hydrogens is 302 g/mol. The first-order valence-electron chi connectivity index (χ1n) is 6.51. The summed E-state index contributed by atoms with van der Waals surface area (Å²) < 4.78 is 0. The molecule has 0 saturated heterocycles. The topological polar surface area (TPSA) is 82.7 Å². The number of hydrogen-bond donors (Lipinski definition) is 3. The van der Waals surface area contributed by atoms with Crippen LogP contribution < -0.4 is 10.6 Å². The Morgan fingerprint density at radius 1 is 1.18 bits per heavy atom. The number of carbonyl (C=O) groups excluding carboxylic acids is 1. The van der Waals surface area contributed by atoms with E-state index < -0.39 is 0 Å². The van der Waals surface area contributed by atoms with Gasteiger partial charge in [0.2, 0.25) is 0 Å². The second-order valence-corrected chi connectivity index (χ2v) is 4.90. The van der Waals surface area contributed by atoms with E-state index in [1.54, 1.807) is 42.7 Å². The summed E-state index contributed by atoms with van der Waals surface area (Å²) in [5.41, 5.74) is 1.75. The third kappa shape index (κ3) is 3.24. The zero-order valence-electron chi connectivity index (χ0n) is 11.4. The molecule has 0 atom stereocenters. The van der Waals surface area contributed by atoms with Gasteiger partial charge in [-0.05, 0) is 30.3 Å². The van der Waals surface area contributed by atoms with Crippen molar-refractivity contribution in [2.75, 3.05) is 10.6 Å². The van der Waals surface area contributed by atoms with Gasteiger partial charge in [0, 0.05) is 16.9 Å². The molecule has 2 heterocycles. The number of amides is 1. The van der Waals surface area contributed by atoms with Gasteiger partial charge >= 0.3 is 0 Å². The number of pyridine rings is 1. The van der Waals surface area contributed by atoms with Crippen LogP contribution in [0.15, 0.2) is 54.9 Å². The van der Waals surface area contributed by atoms with Crippen molar-refractivity contribution < 1.29 is 4.79 Å². The molecule has 7 heteroatoms. The molecule has 0 aliphatic carbocycles. The Morgan fingerprint density at radius 3 is 2.86 bits per heavy atom. The summed E-state index contributed by atoms with van der Waals surface area (Å²) >= 11 is 5.95. The van der Waals surface area contributed by atoms with Crippen molar-refractivity contribution in [1.29, 1.82) is 0 Å². The van der Waals surface area contributed by atoms with Crippen LogP contribution in [0.2, 0.25) is 5.02 Å². The Morgan fingerprint density at radius 2 is 2.09 bits per heavy atom. The van der Waals surface area contributed by atoms with E-state index in [9.17, 15) is 4.79 Å². The zero-order chi connectivity index (χ0) is 15.4. The molecule has 0 radical (unpaired) electrons. The van der Waals surface area contributed by atoms with Gasteiger partial charge in [-0.3, -0.25) is 14.9 Å². The molecule has 3 N–H and O–H groups in total. The average molecular weight is 314 g/mol. The number of anilines is 3. The third-order valence-electron chi connectivity index (χ3n) is 2.88. The molecule has 0 unspecified atom stereocenters. The summed E-state index contributed by atoms with van der Waals surface area (Å²) in [5, 5.41) is 13.1. The molecule has 0 aliphatic heterocycles. The lowest BCUT2D eigenvalue weighted by Crippen LogP contribution is -2.14. The number of H-pyrrole nitrogens is 1. The molecule has 0 saturated carbocycles. The zero-order valence-corrected chi connectivity index (χ0v) is 12.1. The lowest BCUT2D eigenvalue weighted by atomic mass is 10.3. The number of rotatable bonds is 4. The largest absolute Gasteiger partial charge is 0.351 e. The second kappa shape index (κ2) is 6.28. The Kier molecular flexibility index (Phi) is 4.02. The van der Waals surface area contributed by atoms with Crippen molar-refractivity contribution in [3.05, 3.63) is 65.6 Å². The molecule has 6 nitrogen and oxygen atoms in total. The number of nitrogens with one attached hydrogen (secondary N) is 3. The summed E-state index contributed by atoms with van der Waals surface area (Å²) in [5.74, 6) is 0.134. The molecule has 1 amide bonds. The van der Waals surface area contributed by atoms with Crippen LogP contribution in [0.25, 0.3) is 0 Å². The molecule has 3 rings (SSSR count). The molecule has 0 fully saturated rings. The normalized spacial score (nSPS) is 10.2. The van der Waals surface area contributed by atoms with Crippen LogP contribution in [0.4, 0.5) is 17.2 Å². The van der Waals surface area contributed by atoms with Crippen molar-refractivity contribution >= 4 is 34.7 Å². The minimum Gasteiger partial charge on any atom is -0.351 e. The fourth-order valence-electron chi connectivity index (χ4n) is 1.87. The highest BCUT2D eigenvalue weighted by atomic mass is 35.5. The van der Waals surface area contributed by atoms with Gasteiger partial charge < -0.3 is 10.6 Å². The van der Waals surface area contributed by atoms with E-state index in [4.69, 9.17) is 11.6 Å². The minimum atomic E-state index is -0.320. The van der Waals surface area contributed by atoms with Crippen LogP contribution in [0, 0.1) is 0 Å². The van der Waals surface area contributed by atoms with Gasteiger partial charge in [-0.15, -0.1) is 0 Å². The van der Waals surface area contributed by atoms with Crippen LogP contribution in [0.3, 0.4) is 0 Å². The first-order valence-corrected chi connectivity index (χ1v) is 6.88. The maximum atomic E-state index is 12.1. The van der Waals surface area contributed by atoms with Crippen LogP contribution in [0.1, 0.15) is 10.5 Å². The predicted molar refractivity (Wildman–Crippen MR) is 85.5 cm³/mol. The fourth-order valence-corrected chi connectivity index (χ4v) is 2.06.